The van der Waals surface area contributed by atoms with Crippen LogP contribution >= 0.6 is 0 Å². The number of carbonyl (C=O) groups excluding carboxylic acids is 1. The van der Waals surface area contributed by atoms with E-state index in [4.69, 9.17) is 15.7 Å². The first-order valence-electron chi connectivity index (χ1n) is 7.32. The Balaban J connectivity index is 2.50. The quantitative estimate of drug-likeness (QED) is 0.319. The van der Waals surface area contributed by atoms with Crippen LogP contribution in [0.5, 0.6) is 0 Å². The summed E-state index contributed by atoms with van der Waals surface area (Å²) < 4.78 is 5.06. The fourth-order valence-electron chi connectivity index (χ4n) is 2.57. The normalized spacial score (nSPS) is 19.6. The van der Waals surface area contributed by atoms with E-state index in [1.54, 1.807) is 7.11 Å². The van der Waals surface area contributed by atoms with E-state index in [1.165, 1.54) is 0 Å². The molecule has 21 heavy (non-hydrogen) atoms. The minimum Gasteiger partial charge on any atom is -0.409 e. The summed E-state index contributed by atoms with van der Waals surface area (Å²) in [7, 11) is 1.65. The number of amides is 1. The van der Waals surface area contributed by atoms with Crippen LogP contribution in [0.2, 0.25) is 0 Å². The van der Waals surface area contributed by atoms with Crippen molar-refractivity contribution in [2.24, 2.45) is 16.8 Å². The second kappa shape index (κ2) is 7.61. The lowest BCUT2D eigenvalue weighted by Crippen LogP contribution is -2.60. The fourth-order valence-corrected chi connectivity index (χ4v) is 2.57. The van der Waals surface area contributed by atoms with Gasteiger partial charge in [-0.25, -0.2) is 0 Å². The molecule has 1 saturated heterocycles. The highest BCUT2D eigenvalue weighted by molar-refractivity contribution is 5.88. The van der Waals surface area contributed by atoms with Crippen LogP contribution in [0.3, 0.4) is 0 Å². The molecule has 0 spiro atoms. The highest BCUT2D eigenvalue weighted by atomic mass is 16.5. The summed E-state index contributed by atoms with van der Waals surface area (Å²) >= 11 is 0. The van der Waals surface area contributed by atoms with Gasteiger partial charge >= 0.3 is 0 Å². The van der Waals surface area contributed by atoms with Crippen LogP contribution in [0.4, 0.5) is 0 Å². The second-order valence-electron chi connectivity index (χ2n) is 6.18. The molecule has 1 rings (SSSR count). The molecule has 1 atom stereocenters. The zero-order valence-corrected chi connectivity index (χ0v) is 13.5. The fraction of sp³-hybridized carbons (Fsp3) is 0.857. The number of hydrogen-bond donors (Lipinski definition) is 2. The van der Waals surface area contributed by atoms with Crippen molar-refractivity contribution in [1.82, 2.24) is 9.80 Å². The summed E-state index contributed by atoms with van der Waals surface area (Å²) in [4.78, 5) is 16.2. The van der Waals surface area contributed by atoms with Gasteiger partial charge in [-0.15, -0.1) is 0 Å². The minimum atomic E-state index is -0.507. The number of amidine groups is 1. The maximum Gasteiger partial charge on any atom is 0.223 e. The Labute approximate surface area is 126 Å². The summed E-state index contributed by atoms with van der Waals surface area (Å²) in [5.41, 5.74) is 5.23. The van der Waals surface area contributed by atoms with Gasteiger partial charge in [0.1, 0.15) is 0 Å². The number of nitrogens with zero attached hydrogens (tertiary/aromatic N) is 3. The van der Waals surface area contributed by atoms with Crippen molar-refractivity contribution in [2.75, 3.05) is 39.9 Å². The lowest BCUT2D eigenvalue weighted by Gasteiger charge is -2.43. The average Bonchev–Trinajstić information content (AvgIpc) is 2.46. The molecule has 0 aromatic heterocycles. The molecule has 0 bridgehead atoms. The van der Waals surface area contributed by atoms with Gasteiger partial charge in [-0.3, -0.25) is 9.69 Å². The molecule has 1 unspecified atom stereocenters. The first-order chi connectivity index (χ1) is 9.82. The van der Waals surface area contributed by atoms with E-state index < -0.39 is 5.54 Å². The highest BCUT2D eigenvalue weighted by Crippen LogP contribution is 2.18. The Hall–Kier alpha value is -1.34. The van der Waals surface area contributed by atoms with Crippen molar-refractivity contribution < 1.29 is 14.7 Å². The van der Waals surface area contributed by atoms with Crippen LogP contribution < -0.4 is 5.73 Å². The topological polar surface area (TPSA) is 91.4 Å². The number of nitrogens with two attached hydrogens (primary N) is 1. The molecule has 0 saturated carbocycles. The van der Waals surface area contributed by atoms with Gasteiger partial charge in [-0.2, -0.15) is 0 Å². The Morgan fingerprint density at radius 3 is 2.43 bits per heavy atom. The summed E-state index contributed by atoms with van der Waals surface area (Å²) in [5, 5.41) is 12.0. The van der Waals surface area contributed by atoms with Gasteiger partial charge in [-0.1, -0.05) is 12.1 Å². The van der Waals surface area contributed by atoms with E-state index in [0.717, 1.165) is 0 Å². The Morgan fingerprint density at radius 2 is 1.95 bits per heavy atom. The van der Waals surface area contributed by atoms with Gasteiger partial charge in [0.25, 0.3) is 0 Å². The van der Waals surface area contributed by atoms with Crippen molar-refractivity contribution in [2.45, 2.75) is 32.7 Å². The van der Waals surface area contributed by atoms with E-state index in [1.807, 2.05) is 25.7 Å². The molecule has 1 heterocycles. The third kappa shape index (κ3) is 4.57. The molecule has 1 aliphatic heterocycles. The molecule has 0 aromatic carbocycles. The van der Waals surface area contributed by atoms with E-state index in [2.05, 4.69) is 10.1 Å². The van der Waals surface area contributed by atoms with Crippen LogP contribution in [0.1, 0.15) is 27.2 Å². The number of piperazine rings is 1. The number of ether oxygens (including phenoxy) is 1. The number of oxime groups is 1. The molecule has 122 valence electrons. The number of rotatable bonds is 6. The number of hydrogen-bond acceptors (Lipinski definition) is 5. The summed E-state index contributed by atoms with van der Waals surface area (Å²) in [6, 6.07) is 0. The number of methoxy groups -OCH3 is 1. The molecule has 0 aliphatic carbocycles. The monoisotopic (exact) mass is 300 g/mol. The minimum absolute atomic E-state index is 0.167. The van der Waals surface area contributed by atoms with E-state index >= 15 is 0 Å². The molecule has 0 aromatic rings. The van der Waals surface area contributed by atoms with Gasteiger partial charge in [0.2, 0.25) is 5.91 Å². The van der Waals surface area contributed by atoms with E-state index in [0.29, 0.717) is 39.2 Å². The molecular weight excluding hydrogens is 272 g/mol. The zero-order valence-electron chi connectivity index (χ0n) is 13.5. The lowest BCUT2D eigenvalue weighted by atomic mass is 10.00. The highest BCUT2D eigenvalue weighted by Gasteiger charge is 2.34. The Morgan fingerprint density at radius 1 is 1.38 bits per heavy atom. The average molecular weight is 300 g/mol. The molecule has 7 heteroatoms. The molecule has 3 N–H and O–H groups in total. The smallest absolute Gasteiger partial charge is 0.223 e. The Bertz CT molecular complexity index is 376. The van der Waals surface area contributed by atoms with Gasteiger partial charge in [0.15, 0.2) is 5.84 Å². The van der Waals surface area contributed by atoms with Crippen LogP contribution in [0, 0.1) is 5.92 Å². The van der Waals surface area contributed by atoms with E-state index in [9.17, 15) is 4.79 Å². The third-order valence-electron chi connectivity index (χ3n) is 4.13. The van der Waals surface area contributed by atoms with Gasteiger partial charge in [0, 0.05) is 46.3 Å². The van der Waals surface area contributed by atoms with Crippen molar-refractivity contribution >= 4 is 11.7 Å². The summed E-state index contributed by atoms with van der Waals surface area (Å²) in [5.74, 6) is 0.589. The Kier molecular flexibility index (Phi) is 6.42. The second-order valence-corrected chi connectivity index (χ2v) is 6.18. The number of carbonyl (C=O) groups is 1. The molecule has 1 amide bonds. The van der Waals surface area contributed by atoms with Crippen molar-refractivity contribution in [1.29, 1.82) is 0 Å². The van der Waals surface area contributed by atoms with Crippen molar-refractivity contribution in [3.8, 4) is 0 Å². The molecular formula is C14H28N4O3. The first kappa shape index (κ1) is 17.7. The largest absolute Gasteiger partial charge is 0.409 e. The van der Waals surface area contributed by atoms with Gasteiger partial charge in [0.05, 0.1) is 5.54 Å². The SMILES string of the molecule is COCC(C)CC(=O)N1CCN(C(C)(C)C(N)=NO)CC1. The maximum atomic E-state index is 12.2. The van der Waals surface area contributed by atoms with Crippen LogP contribution in [0.25, 0.3) is 0 Å². The maximum absolute atomic E-state index is 12.2. The van der Waals surface area contributed by atoms with Crippen LogP contribution in [0.15, 0.2) is 5.16 Å². The van der Waals surface area contributed by atoms with E-state index in [-0.39, 0.29) is 17.7 Å². The first-order valence-corrected chi connectivity index (χ1v) is 7.32. The van der Waals surface area contributed by atoms with Crippen molar-refractivity contribution in [3.63, 3.8) is 0 Å². The third-order valence-corrected chi connectivity index (χ3v) is 4.13. The van der Waals surface area contributed by atoms with Crippen molar-refractivity contribution in [3.05, 3.63) is 0 Å². The predicted molar refractivity (Wildman–Crippen MR) is 81.3 cm³/mol. The molecule has 7 nitrogen and oxygen atoms in total. The van der Waals surface area contributed by atoms with Gasteiger partial charge in [-0.05, 0) is 19.8 Å². The molecule has 1 fully saturated rings. The predicted octanol–water partition coefficient (Wildman–Crippen LogP) is 0.328. The summed E-state index contributed by atoms with van der Waals surface area (Å²) in [6.07, 6.45) is 0.511. The van der Waals surface area contributed by atoms with Gasteiger partial charge < -0.3 is 20.6 Å². The lowest BCUT2D eigenvalue weighted by molar-refractivity contribution is -0.134. The molecule has 0 radical (unpaired) electrons. The molecule has 1 aliphatic rings. The van der Waals surface area contributed by atoms with Crippen LogP contribution in [-0.4, -0.2) is 72.2 Å². The zero-order chi connectivity index (χ0) is 16.0. The standard InChI is InChI=1S/C14H28N4O3/c1-11(10-21-4)9-12(19)17-5-7-18(8-6-17)14(2,3)13(15)16-20/h11,20H,5-10H2,1-4H3,(H2,15,16). The van der Waals surface area contributed by atoms with Crippen LogP contribution in [-0.2, 0) is 9.53 Å². The summed E-state index contributed by atoms with van der Waals surface area (Å²) in [6.45, 7) is 9.21.